The van der Waals surface area contributed by atoms with Gasteiger partial charge in [0.2, 0.25) is 0 Å². The standard InChI is InChI=1S/C21H22N4O3/c1-14-17(8-7-11-22-14)12-20(27)28-13-19(26)23-21-15(2)24-25(16(21)3)18-9-5-4-6-10-18/h4-11H,12-13H2,1-3H3,(H,23,26). The maximum atomic E-state index is 12.2. The lowest BCUT2D eigenvalue weighted by Crippen LogP contribution is -2.22. The number of benzene rings is 1. The van der Waals surface area contributed by atoms with Crippen LogP contribution in [0.1, 0.15) is 22.6 Å². The number of aryl methyl sites for hydroxylation is 2. The SMILES string of the molecule is Cc1ncccc1CC(=O)OCC(=O)Nc1c(C)nn(-c2ccccc2)c1C. The van der Waals surface area contributed by atoms with Gasteiger partial charge in [0.05, 0.1) is 29.2 Å². The molecule has 0 aliphatic carbocycles. The molecule has 1 N–H and O–H groups in total. The Hall–Kier alpha value is -3.48. The summed E-state index contributed by atoms with van der Waals surface area (Å²) in [6.45, 7) is 5.16. The van der Waals surface area contributed by atoms with E-state index in [4.69, 9.17) is 4.74 Å². The molecule has 7 heteroatoms. The van der Waals surface area contributed by atoms with Gasteiger partial charge in [-0.3, -0.25) is 14.6 Å². The maximum Gasteiger partial charge on any atom is 0.310 e. The second-order valence-electron chi connectivity index (χ2n) is 6.43. The van der Waals surface area contributed by atoms with E-state index in [2.05, 4.69) is 15.4 Å². The Bertz CT molecular complexity index is 996. The minimum absolute atomic E-state index is 0.0803. The molecule has 0 saturated carbocycles. The molecule has 3 aromatic rings. The number of anilines is 1. The zero-order valence-corrected chi connectivity index (χ0v) is 16.1. The Morgan fingerprint density at radius 3 is 2.50 bits per heavy atom. The quantitative estimate of drug-likeness (QED) is 0.667. The second-order valence-corrected chi connectivity index (χ2v) is 6.43. The number of pyridine rings is 1. The van der Waals surface area contributed by atoms with Crippen LogP contribution < -0.4 is 5.32 Å². The molecule has 0 aliphatic heterocycles. The number of esters is 1. The minimum Gasteiger partial charge on any atom is -0.455 e. The number of ether oxygens (including phenoxy) is 1. The van der Waals surface area contributed by atoms with E-state index in [1.807, 2.05) is 57.2 Å². The number of amides is 1. The van der Waals surface area contributed by atoms with E-state index in [1.54, 1.807) is 16.9 Å². The Kier molecular flexibility index (Phi) is 5.84. The van der Waals surface area contributed by atoms with Crippen LogP contribution in [0.2, 0.25) is 0 Å². The van der Waals surface area contributed by atoms with Crippen LogP contribution >= 0.6 is 0 Å². The molecule has 0 saturated heterocycles. The topological polar surface area (TPSA) is 86.1 Å². The van der Waals surface area contributed by atoms with Crippen LogP contribution in [0.4, 0.5) is 5.69 Å². The van der Waals surface area contributed by atoms with Gasteiger partial charge in [0.25, 0.3) is 5.91 Å². The predicted octanol–water partition coefficient (Wildman–Crippen LogP) is 2.92. The van der Waals surface area contributed by atoms with Crippen LogP contribution in [0.15, 0.2) is 48.7 Å². The van der Waals surface area contributed by atoms with Crippen LogP contribution in [0, 0.1) is 20.8 Å². The van der Waals surface area contributed by atoms with Gasteiger partial charge in [0.1, 0.15) is 0 Å². The predicted molar refractivity (Wildman–Crippen MR) is 105 cm³/mol. The number of nitrogens with one attached hydrogen (secondary N) is 1. The molecule has 1 amide bonds. The number of para-hydroxylation sites is 1. The lowest BCUT2D eigenvalue weighted by Gasteiger charge is -2.08. The number of rotatable bonds is 6. The van der Waals surface area contributed by atoms with Crippen LogP contribution in [-0.4, -0.2) is 33.2 Å². The first-order valence-corrected chi connectivity index (χ1v) is 8.93. The molecule has 0 unspecified atom stereocenters. The number of hydrogen-bond acceptors (Lipinski definition) is 5. The van der Waals surface area contributed by atoms with Crippen LogP contribution in [0.5, 0.6) is 0 Å². The first kappa shape index (κ1) is 19.3. The van der Waals surface area contributed by atoms with Crippen molar-refractivity contribution in [3.8, 4) is 5.69 Å². The van der Waals surface area contributed by atoms with E-state index in [1.165, 1.54) is 0 Å². The summed E-state index contributed by atoms with van der Waals surface area (Å²) in [7, 11) is 0. The van der Waals surface area contributed by atoms with E-state index in [0.29, 0.717) is 11.4 Å². The van der Waals surface area contributed by atoms with Crippen LogP contribution in [0.25, 0.3) is 5.69 Å². The monoisotopic (exact) mass is 378 g/mol. The molecule has 0 spiro atoms. The van der Waals surface area contributed by atoms with Crippen LogP contribution in [0.3, 0.4) is 0 Å². The summed E-state index contributed by atoms with van der Waals surface area (Å²) in [4.78, 5) is 28.4. The number of nitrogens with zero attached hydrogens (tertiary/aromatic N) is 3. The van der Waals surface area contributed by atoms with Gasteiger partial charge in [0.15, 0.2) is 6.61 Å². The number of hydrogen-bond donors (Lipinski definition) is 1. The molecule has 28 heavy (non-hydrogen) atoms. The zero-order valence-electron chi connectivity index (χ0n) is 16.1. The van der Waals surface area contributed by atoms with Crippen molar-refractivity contribution >= 4 is 17.6 Å². The summed E-state index contributed by atoms with van der Waals surface area (Å²) in [6.07, 6.45) is 1.74. The molecule has 0 atom stereocenters. The first-order valence-electron chi connectivity index (χ1n) is 8.93. The fraction of sp³-hybridized carbons (Fsp3) is 0.238. The summed E-state index contributed by atoms with van der Waals surface area (Å²) in [5.41, 5.74) is 4.56. The highest BCUT2D eigenvalue weighted by Gasteiger charge is 2.16. The van der Waals surface area contributed by atoms with Gasteiger partial charge in [0, 0.05) is 11.9 Å². The zero-order chi connectivity index (χ0) is 20.1. The molecule has 0 aliphatic rings. The van der Waals surface area contributed by atoms with Crippen LogP contribution in [-0.2, 0) is 20.7 Å². The van der Waals surface area contributed by atoms with Crippen molar-refractivity contribution in [2.45, 2.75) is 27.2 Å². The molecule has 0 bridgehead atoms. The fourth-order valence-corrected chi connectivity index (χ4v) is 2.88. The summed E-state index contributed by atoms with van der Waals surface area (Å²) in [5, 5.41) is 7.27. The molecule has 144 valence electrons. The summed E-state index contributed by atoms with van der Waals surface area (Å²) in [6, 6.07) is 13.2. The first-order chi connectivity index (χ1) is 13.5. The molecule has 3 rings (SSSR count). The smallest absolute Gasteiger partial charge is 0.310 e. The molecule has 0 fully saturated rings. The van der Waals surface area contributed by atoms with E-state index in [9.17, 15) is 9.59 Å². The van der Waals surface area contributed by atoms with Gasteiger partial charge in [-0.25, -0.2) is 4.68 Å². The minimum atomic E-state index is -0.473. The largest absolute Gasteiger partial charge is 0.455 e. The third kappa shape index (κ3) is 4.43. The van der Waals surface area contributed by atoms with Crippen molar-refractivity contribution in [1.82, 2.24) is 14.8 Å². The third-order valence-electron chi connectivity index (χ3n) is 4.37. The third-order valence-corrected chi connectivity index (χ3v) is 4.37. The number of carbonyl (C=O) groups is 2. The maximum absolute atomic E-state index is 12.2. The Morgan fingerprint density at radius 1 is 1.04 bits per heavy atom. The molecule has 1 aromatic carbocycles. The number of carbonyl (C=O) groups excluding carboxylic acids is 2. The van der Waals surface area contributed by atoms with Gasteiger partial charge < -0.3 is 10.1 Å². The average Bonchev–Trinajstić information content (AvgIpc) is 2.97. The lowest BCUT2D eigenvalue weighted by molar-refractivity contribution is -0.146. The van der Waals surface area contributed by atoms with Gasteiger partial charge in [-0.05, 0) is 44.5 Å². The summed E-state index contributed by atoms with van der Waals surface area (Å²) < 4.78 is 6.87. The van der Waals surface area contributed by atoms with Crippen molar-refractivity contribution in [1.29, 1.82) is 0 Å². The van der Waals surface area contributed by atoms with Gasteiger partial charge in [-0.2, -0.15) is 5.10 Å². The van der Waals surface area contributed by atoms with Gasteiger partial charge in [-0.1, -0.05) is 24.3 Å². The molecule has 2 heterocycles. The highest BCUT2D eigenvalue weighted by atomic mass is 16.5. The van der Waals surface area contributed by atoms with Gasteiger partial charge >= 0.3 is 5.97 Å². The summed E-state index contributed by atoms with van der Waals surface area (Å²) in [5.74, 6) is -0.880. The fourth-order valence-electron chi connectivity index (χ4n) is 2.88. The Morgan fingerprint density at radius 2 is 1.79 bits per heavy atom. The van der Waals surface area contributed by atoms with E-state index >= 15 is 0 Å². The Labute approximate surface area is 163 Å². The van der Waals surface area contributed by atoms with E-state index < -0.39 is 11.9 Å². The van der Waals surface area contributed by atoms with Crippen molar-refractivity contribution in [3.63, 3.8) is 0 Å². The second kappa shape index (κ2) is 8.47. The highest BCUT2D eigenvalue weighted by molar-refractivity contribution is 5.94. The molecule has 2 aromatic heterocycles. The van der Waals surface area contributed by atoms with Crippen molar-refractivity contribution in [2.75, 3.05) is 11.9 Å². The van der Waals surface area contributed by atoms with Crippen molar-refractivity contribution in [2.24, 2.45) is 0 Å². The molecule has 7 nitrogen and oxygen atoms in total. The normalized spacial score (nSPS) is 10.5. The van der Waals surface area contributed by atoms with E-state index in [-0.39, 0.29) is 13.0 Å². The van der Waals surface area contributed by atoms with E-state index in [0.717, 1.165) is 22.6 Å². The molecule has 0 radical (unpaired) electrons. The molecular formula is C21H22N4O3. The Balaban J connectivity index is 1.60. The van der Waals surface area contributed by atoms with Crippen molar-refractivity contribution < 1.29 is 14.3 Å². The van der Waals surface area contributed by atoms with Crippen molar-refractivity contribution in [3.05, 3.63) is 71.3 Å². The highest BCUT2D eigenvalue weighted by Crippen LogP contribution is 2.22. The lowest BCUT2D eigenvalue weighted by atomic mass is 10.1. The average molecular weight is 378 g/mol. The number of aromatic nitrogens is 3. The molecular weight excluding hydrogens is 356 g/mol. The summed E-state index contributed by atoms with van der Waals surface area (Å²) >= 11 is 0. The van der Waals surface area contributed by atoms with Gasteiger partial charge in [-0.15, -0.1) is 0 Å².